The Bertz CT molecular complexity index is 340. The summed E-state index contributed by atoms with van der Waals surface area (Å²) >= 11 is 0. The fourth-order valence-corrected chi connectivity index (χ4v) is 1.50. The summed E-state index contributed by atoms with van der Waals surface area (Å²) < 4.78 is 31.2. The normalized spacial score (nSPS) is 12.7. The highest BCUT2D eigenvalue weighted by Gasteiger charge is 2.20. The molecular formula is C12H24O5S. The predicted molar refractivity (Wildman–Crippen MR) is 69.9 cm³/mol. The van der Waals surface area contributed by atoms with Crippen molar-refractivity contribution in [2.45, 2.75) is 40.0 Å². The van der Waals surface area contributed by atoms with Gasteiger partial charge in [0, 0.05) is 12.0 Å². The monoisotopic (exact) mass is 280 g/mol. The standard InChI is InChI=1S/C12H24O5S/c1-12(2,3)11(13)10-16-8-6-5-7-9-17-18(4,14)15/h5-10H2,1-4H3. The molecule has 0 aliphatic heterocycles. The van der Waals surface area contributed by atoms with E-state index < -0.39 is 10.1 Å². The Labute approximate surface area is 110 Å². The van der Waals surface area contributed by atoms with Crippen molar-refractivity contribution in [2.75, 3.05) is 26.1 Å². The Morgan fingerprint density at radius 2 is 1.61 bits per heavy atom. The summed E-state index contributed by atoms with van der Waals surface area (Å²) in [5, 5.41) is 0. The van der Waals surface area contributed by atoms with Crippen molar-refractivity contribution in [1.29, 1.82) is 0 Å². The van der Waals surface area contributed by atoms with E-state index in [9.17, 15) is 13.2 Å². The van der Waals surface area contributed by atoms with Gasteiger partial charge in [0.1, 0.15) is 6.61 Å². The molecule has 0 fully saturated rings. The van der Waals surface area contributed by atoms with E-state index in [2.05, 4.69) is 4.18 Å². The van der Waals surface area contributed by atoms with Crippen molar-refractivity contribution in [3.63, 3.8) is 0 Å². The largest absolute Gasteiger partial charge is 0.374 e. The van der Waals surface area contributed by atoms with Gasteiger partial charge >= 0.3 is 0 Å². The number of carbonyl (C=O) groups excluding carboxylic acids is 1. The van der Waals surface area contributed by atoms with Crippen molar-refractivity contribution in [3.05, 3.63) is 0 Å². The number of Topliss-reactive ketones (excluding diaryl/α,β-unsaturated/α-hetero) is 1. The summed E-state index contributed by atoms with van der Waals surface area (Å²) in [7, 11) is -3.33. The van der Waals surface area contributed by atoms with Crippen LogP contribution >= 0.6 is 0 Å². The van der Waals surface area contributed by atoms with E-state index in [4.69, 9.17) is 4.74 Å². The average Bonchev–Trinajstić information content (AvgIpc) is 2.18. The van der Waals surface area contributed by atoms with Crippen LogP contribution in [0.25, 0.3) is 0 Å². The third-order valence-corrected chi connectivity index (χ3v) is 2.89. The Balaban J connectivity index is 3.40. The van der Waals surface area contributed by atoms with Crippen molar-refractivity contribution in [2.24, 2.45) is 5.41 Å². The Morgan fingerprint density at radius 1 is 1.06 bits per heavy atom. The molecule has 0 aromatic heterocycles. The summed E-state index contributed by atoms with van der Waals surface area (Å²) in [6.45, 7) is 6.45. The van der Waals surface area contributed by atoms with Gasteiger partial charge in [0.15, 0.2) is 5.78 Å². The van der Waals surface area contributed by atoms with Crippen LogP contribution < -0.4 is 0 Å². The van der Waals surface area contributed by atoms with Crippen LogP contribution in [0.15, 0.2) is 0 Å². The fourth-order valence-electron chi connectivity index (χ4n) is 1.07. The van der Waals surface area contributed by atoms with Crippen LogP contribution in [0.2, 0.25) is 0 Å². The Hall–Kier alpha value is -0.460. The van der Waals surface area contributed by atoms with E-state index in [-0.39, 0.29) is 24.4 Å². The van der Waals surface area contributed by atoms with Gasteiger partial charge in [0.05, 0.1) is 12.9 Å². The lowest BCUT2D eigenvalue weighted by Gasteiger charge is -2.16. The van der Waals surface area contributed by atoms with Crippen LogP contribution in [-0.2, 0) is 23.8 Å². The highest BCUT2D eigenvalue weighted by atomic mass is 32.2. The molecule has 0 bridgehead atoms. The summed E-state index contributed by atoms with van der Waals surface area (Å²) in [6.07, 6.45) is 3.32. The minimum absolute atomic E-state index is 0.0860. The number of ether oxygens (including phenoxy) is 1. The summed E-state index contributed by atoms with van der Waals surface area (Å²) in [5.41, 5.74) is -0.358. The van der Waals surface area contributed by atoms with Crippen LogP contribution in [0.3, 0.4) is 0 Å². The number of rotatable bonds is 9. The second kappa shape index (κ2) is 7.86. The molecule has 6 heteroatoms. The summed E-state index contributed by atoms with van der Waals surface area (Å²) in [6, 6.07) is 0. The van der Waals surface area contributed by atoms with Crippen LogP contribution in [0.4, 0.5) is 0 Å². The fraction of sp³-hybridized carbons (Fsp3) is 0.917. The lowest BCUT2D eigenvalue weighted by molar-refractivity contribution is -0.131. The molecule has 0 saturated carbocycles. The molecule has 0 aromatic rings. The minimum atomic E-state index is -3.33. The lowest BCUT2D eigenvalue weighted by atomic mass is 9.91. The van der Waals surface area contributed by atoms with Crippen LogP contribution in [0, 0.1) is 5.41 Å². The smallest absolute Gasteiger partial charge is 0.264 e. The maximum absolute atomic E-state index is 11.5. The van der Waals surface area contributed by atoms with Gasteiger partial charge in [0.2, 0.25) is 0 Å². The van der Waals surface area contributed by atoms with Crippen molar-refractivity contribution in [3.8, 4) is 0 Å². The zero-order chi connectivity index (χ0) is 14.2. The van der Waals surface area contributed by atoms with Gasteiger partial charge in [-0.1, -0.05) is 20.8 Å². The van der Waals surface area contributed by atoms with Gasteiger partial charge < -0.3 is 4.74 Å². The quantitative estimate of drug-likeness (QED) is 0.475. The first kappa shape index (κ1) is 17.5. The van der Waals surface area contributed by atoms with Crippen LogP contribution in [0.1, 0.15) is 40.0 Å². The van der Waals surface area contributed by atoms with Crippen molar-refractivity contribution >= 4 is 15.9 Å². The molecule has 0 aliphatic carbocycles. The number of hydrogen-bond donors (Lipinski definition) is 0. The lowest BCUT2D eigenvalue weighted by Crippen LogP contribution is -2.25. The Morgan fingerprint density at radius 3 is 2.11 bits per heavy atom. The molecule has 18 heavy (non-hydrogen) atoms. The topological polar surface area (TPSA) is 69.7 Å². The molecule has 0 rings (SSSR count). The zero-order valence-corrected chi connectivity index (χ0v) is 12.5. The minimum Gasteiger partial charge on any atom is -0.374 e. The number of unbranched alkanes of at least 4 members (excludes halogenated alkanes) is 2. The van der Waals surface area contributed by atoms with E-state index in [0.29, 0.717) is 13.0 Å². The molecule has 0 radical (unpaired) electrons. The van der Waals surface area contributed by atoms with E-state index in [1.165, 1.54) is 0 Å². The highest BCUT2D eigenvalue weighted by molar-refractivity contribution is 7.85. The van der Waals surface area contributed by atoms with Gasteiger partial charge in [-0.2, -0.15) is 8.42 Å². The molecule has 0 atom stereocenters. The predicted octanol–water partition coefficient (Wildman–Crippen LogP) is 1.76. The van der Waals surface area contributed by atoms with Gasteiger partial charge in [0.25, 0.3) is 10.1 Å². The van der Waals surface area contributed by atoms with Crippen LogP contribution in [-0.4, -0.2) is 40.3 Å². The molecule has 0 saturated heterocycles. The molecule has 0 spiro atoms. The molecule has 108 valence electrons. The maximum atomic E-state index is 11.5. The van der Waals surface area contributed by atoms with E-state index in [1.54, 1.807) is 0 Å². The Kier molecular flexibility index (Phi) is 7.66. The maximum Gasteiger partial charge on any atom is 0.264 e. The molecule has 0 aliphatic rings. The number of carbonyl (C=O) groups is 1. The first-order chi connectivity index (χ1) is 8.13. The zero-order valence-electron chi connectivity index (χ0n) is 11.7. The SMILES string of the molecule is CC(C)(C)C(=O)COCCCCCOS(C)(=O)=O. The molecule has 0 heterocycles. The molecule has 0 aromatic carbocycles. The van der Waals surface area contributed by atoms with Gasteiger partial charge in [-0.15, -0.1) is 0 Å². The average molecular weight is 280 g/mol. The van der Waals surface area contributed by atoms with Crippen molar-refractivity contribution < 1.29 is 22.1 Å². The molecule has 0 N–H and O–H groups in total. The van der Waals surface area contributed by atoms with Gasteiger partial charge in [-0.25, -0.2) is 0 Å². The number of hydrogen-bond acceptors (Lipinski definition) is 5. The second-order valence-electron chi connectivity index (χ2n) is 5.31. The van der Waals surface area contributed by atoms with E-state index in [0.717, 1.165) is 19.1 Å². The van der Waals surface area contributed by atoms with Crippen molar-refractivity contribution in [1.82, 2.24) is 0 Å². The summed E-state index contributed by atoms with van der Waals surface area (Å²) in [5.74, 6) is 0.0860. The highest BCUT2D eigenvalue weighted by Crippen LogP contribution is 2.14. The third kappa shape index (κ3) is 10.7. The third-order valence-electron chi connectivity index (χ3n) is 2.30. The van der Waals surface area contributed by atoms with Crippen LogP contribution in [0.5, 0.6) is 0 Å². The van der Waals surface area contributed by atoms with E-state index >= 15 is 0 Å². The van der Waals surface area contributed by atoms with Gasteiger partial charge in [-0.05, 0) is 19.3 Å². The number of ketones is 1. The van der Waals surface area contributed by atoms with E-state index in [1.807, 2.05) is 20.8 Å². The molecule has 5 nitrogen and oxygen atoms in total. The second-order valence-corrected chi connectivity index (χ2v) is 6.96. The van der Waals surface area contributed by atoms with Gasteiger partial charge in [-0.3, -0.25) is 8.98 Å². The molecule has 0 unspecified atom stereocenters. The summed E-state index contributed by atoms with van der Waals surface area (Å²) in [4.78, 5) is 11.5. The molecular weight excluding hydrogens is 256 g/mol. The first-order valence-corrected chi connectivity index (χ1v) is 7.90. The first-order valence-electron chi connectivity index (χ1n) is 6.08. The molecule has 0 amide bonds.